The molecule has 1 aromatic carbocycles. The van der Waals surface area contributed by atoms with Gasteiger partial charge in [-0.05, 0) is 19.1 Å². The summed E-state index contributed by atoms with van der Waals surface area (Å²) in [5.41, 5.74) is 0.254. The van der Waals surface area contributed by atoms with Crippen LogP contribution in [-0.2, 0) is 9.53 Å². The number of hydrogen-bond donors (Lipinski definition) is 2. The summed E-state index contributed by atoms with van der Waals surface area (Å²) in [7, 11) is 0. The Bertz CT molecular complexity index is 461. The van der Waals surface area contributed by atoms with Gasteiger partial charge in [-0.1, -0.05) is 29.3 Å². The average molecular weight is 289 g/mol. The molecular weight excluding hydrogens is 275 g/mol. The van der Waals surface area contributed by atoms with E-state index in [4.69, 9.17) is 27.9 Å². The van der Waals surface area contributed by atoms with E-state index in [9.17, 15) is 4.79 Å². The monoisotopic (exact) mass is 288 g/mol. The van der Waals surface area contributed by atoms with Crippen LogP contribution in [0.4, 0.5) is 5.69 Å². The highest BCUT2D eigenvalue weighted by Gasteiger charge is 2.33. The number of ether oxygens (including phenoxy) is 1. The highest BCUT2D eigenvalue weighted by molar-refractivity contribution is 6.43. The van der Waals surface area contributed by atoms with Crippen LogP contribution >= 0.6 is 23.2 Å². The van der Waals surface area contributed by atoms with Gasteiger partial charge in [0.15, 0.2) is 0 Å². The molecule has 0 unspecified atom stereocenters. The molecule has 0 aliphatic carbocycles. The van der Waals surface area contributed by atoms with E-state index >= 15 is 0 Å². The fraction of sp³-hybridized carbons (Fsp3) is 0.417. The maximum Gasteiger partial charge on any atom is 0.250 e. The van der Waals surface area contributed by atoms with Crippen LogP contribution in [0.2, 0.25) is 10.0 Å². The van der Waals surface area contributed by atoms with Gasteiger partial charge in [-0.2, -0.15) is 0 Å². The van der Waals surface area contributed by atoms with Crippen molar-refractivity contribution in [1.82, 2.24) is 5.32 Å². The Kier molecular flexibility index (Phi) is 4.12. The van der Waals surface area contributed by atoms with Crippen molar-refractivity contribution in [3.8, 4) is 0 Å². The van der Waals surface area contributed by atoms with E-state index in [1.165, 1.54) is 0 Å². The van der Waals surface area contributed by atoms with Gasteiger partial charge in [-0.15, -0.1) is 0 Å². The molecule has 1 aromatic rings. The van der Waals surface area contributed by atoms with E-state index < -0.39 is 0 Å². The number of anilines is 1. The molecular formula is C12H14Cl2N2O2. The van der Waals surface area contributed by atoms with Crippen LogP contribution in [0, 0.1) is 0 Å². The van der Waals surface area contributed by atoms with Crippen molar-refractivity contribution >= 4 is 34.8 Å². The summed E-state index contributed by atoms with van der Waals surface area (Å²) in [5, 5.41) is 6.51. The number of benzene rings is 1. The molecule has 2 N–H and O–H groups in total. The van der Waals surface area contributed by atoms with Crippen LogP contribution in [0.3, 0.4) is 0 Å². The quantitative estimate of drug-likeness (QED) is 0.894. The third kappa shape index (κ3) is 3.14. The first-order valence-electron chi connectivity index (χ1n) is 5.59. The Morgan fingerprint density at radius 1 is 1.50 bits per heavy atom. The minimum Gasteiger partial charge on any atom is -0.363 e. The van der Waals surface area contributed by atoms with Crippen LogP contribution in [0.5, 0.6) is 0 Å². The minimum atomic E-state index is -0.243. The molecule has 6 heteroatoms. The lowest BCUT2D eigenvalue weighted by Gasteiger charge is -2.38. The summed E-state index contributed by atoms with van der Waals surface area (Å²) >= 11 is 11.8. The SMILES string of the molecule is CC1(OCC(=O)Nc2cccc(Cl)c2Cl)CNC1. The van der Waals surface area contributed by atoms with Gasteiger partial charge in [0.05, 0.1) is 21.3 Å². The summed E-state index contributed by atoms with van der Waals surface area (Å²) in [6, 6.07) is 5.08. The van der Waals surface area contributed by atoms with E-state index in [-0.39, 0.29) is 18.1 Å². The normalized spacial score (nSPS) is 17.1. The Labute approximate surface area is 116 Å². The smallest absolute Gasteiger partial charge is 0.250 e. The average Bonchev–Trinajstić information content (AvgIpc) is 2.30. The Morgan fingerprint density at radius 2 is 2.22 bits per heavy atom. The molecule has 1 aliphatic heterocycles. The topological polar surface area (TPSA) is 50.4 Å². The Balaban J connectivity index is 1.89. The second-order valence-corrected chi connectivity index (χ2v) is 5.28. The van der Waals surface area contributed by atoms with E-state index in [1.807, 2.05) is 6.92 Å². The van der Waals surface area contributed by atoms with Crippen molar-refractivity contribution in [3.63, 3.8) is 0 Å². The summed E-state index contributed by atoms with van der Waals surface area (Å²) in [4.78, 5) is 11.7. The van der Waals surface area contributed by atoms with E-state index in [0.717, 1.165) is 13.1 Å². The molecule has 1 heterocycles. The van der Waals surface area contributed by atoms with E-state index in [0.29, 0.717) is 15.7 Å². The van der Waals surface area contributed by atoms with Gasteiger partial charge in [0, 0.05) is 13.1 Å². The number of hydrogen-bond acceptors (Lipinski definition) is 3. The van der Waals surface area contributed by atoms with Gasteiger partial charge in [0.25, 0.3) is 0 Å². The van der Waals surface area contributed by atoms with Crippen molar-refractivity contribution in [3.05, 3.63) is 28.2 Å². The zero-order chi connectivity index (χ0) is 13.2. The lowest BCUT2D eigenvalue weighted by atomic mass is 10.0. The summed E-state index contributed by atoms with van der Waals surface area (Å²) in [6.07, 6.45) is 0. The van der Waals surface area contributed by atoms with Crippen molar-refractivity contribution < 1.29 is 9.53 Å². The van der Waals surface area contributed by atoms with Gasteiger partial charge < -0.3 is 15.4 Å². The van der Waals surface area contributed by atoms with Crippen molar-refractivity contribution in [1.29, 1.82) is 0 Å². The lowest BCUT2D eigenvalue weighted by Crippen LogP contribution is -2.59. The highest BCUT2D eigenvalue weighted by Crippen LogP contribution is 2.29. The molecule has 18 heavy (non-hydrogen) atoms. The molecule has 0 saturated carbocycles. The summed E-state index contributed by atoms with van der Waals surface area (Å²) in [5.74, 6) is -0.243. The number of halogens is 2. The van der Waals surface area contributed by atoms with Crippen LogP contribution in [0.15, 0.2) is 18.2 Å². The van der Waals surface area contributed by atoms with Gasteiger partial charge >= 0.3 is 0 Å². The Morgan fingerprint density at radius 3 is 2.83 bits per heavy atom. The number of nitrogens with one attached hydrogen (secondary N) is 2. The lowest BCUT2D eigenvalue weighted by molar-refractivity contribution is -0.130. The number of rotatable bonds is 4. The second-order valence-electron chi connectivity index (χ2n) is 4.49. The van der Waals surface area contributed by atoms with Gasteiger partial charge in [0.2, 0.25) is 5.91 Å². The largest absolute Gasteiger partial charge is 0.363 e. The molecule has 0 aromatic heterocycles. The standard InChI is InChI=1S/C12H14Cl2N2O2/c1-12(6-15-7-12)18-5-10(17)16-9-4-2-3-8(13)11(9)14/h2-4,15H,5-7H2,1H3,(H,16,17). The van der Waals surface area contributed by atoms with Crippen LogP contribution in [0.25, 0.3) is 0 Å². The van der Waals surface area contributed by atoms with E-state index in [2.05, 4.69) is 10.6 Å². The van der Waals surface area contributed by atoms with Crippen LogP contribution in [-0.4, -0.2) is 31.2 Å². The van der Waals surface area contributed by atoms with Crippen molar-refractivity contribution in [2.24, 2.45) is 0 Å². The maximum absolute atomic E-state index is 11.7. The van der Waals surface area contributed by atoms with E-state index in [1.54, 1.807) is 18.2 Å². The molecule has 98 valence electrons. The second kappa shape index (κ2) is 5.45. The molecule has 1 fully saturated rings. The molecule has 0 spiro atoms. The molecule has 4 nitrogen and oxygen atoms in total. The third-order valence-corrected chi connectivity index (χ3v) is 3.59. The van der Waals surface area contributed by atoms with Gasteiger partial charge in [0.1, 0.15) is 6.61 Å². The molecule has 0 radical (unpaired) electrons. The first kappa shape index (κ1) is 13.6. The summed E-state index contributed by atoms with van der Waals surface area (Å²) < 4.78 is 5.52. The molecule has 0 bridgehead atoms. The van der Waals surface area contributed by atoms with Crippen LogP contribution in [0.1, 0.15) is 6.92 Å². The van der Waals surface area contributed by atoms with Gasteiger partial charge in [-0.3, -0.25) is 4.79 Å². The molecule has 0 atom stereocenters. The zero-order valence-corrected chi connectivity index (χ0v) is 11.4. The minimum absolute atomic E-state index is 0.00101. The van der Waals surface area contributed by atoms with Crippen molar-refractivity contribution in [2.45, 2.75) is 12.5 Å². The van der Waals surface area contributed by atoms with Crippen molar-refractivity contribution in [2.75, 3.05) is 25.0 Å². The highest BCUT2D eigenvalue weighted by atomic mass is 35.5. The maximum atomic E-state index is 11.7. The third-order valence-electron chi connectivity index (χ3n) is 2.78. The first-order chi connectivity index (χ1) is 8.50. The molecule has 1 saturated heterocycles. The molecule has 1 amide bonds. The van der Waals surface area contributed by atoms with Gasteiger partial charge in [-0.25, -0.2) is 0 Å². The fourth-order valence-electron chi connectivity index (χ4n) is 1.61. The fourth-order valence-corrected chi connectivity index (χ4v) is 1.95. The van der Waals surface area contributed by atoms with Crippen LogP contribution < -0.4 is 10.6 Å². The number of amides is 1. The predicted molar refractivity (Wildman–Crippen MR) is 72.3 cm³/mol. The predicted octanol–water partition coefficient (Wildman–Crippen LogP) is 2.31. The molecule has 2 rings (SSSR count). The zero-order valence-electron chi connectivity index (χ0n) is 9.93. The molecule has 1 aliphatic rings. The Hall–Kier alpha value is -0.810. The number of carbonyl (C=O) groups is 1. The summed E-state index contributed by atoms with van der Waals surface area (Å²) in [6.45, 7) is 3.49. The first-order valence-corrected chi connectivity index (χ1v) is 6.34. The number of carbonyl (C=O) groups excluding carboxylic acids is 1.